The molecule has 0 bridgehead atoms. The molecule has 0 spiro atoms. The van der Waals surface area contributed by atoms with Crippen molar-refractivity contribution >= 4 is 0 Å². The van der Waals surface area contributed by atoms with Crippen molar-refractivity contribution in [3.63, 3.8) is 0 Å². The molecule has 62 valence electrons. The molecule has 0 unspecified atom stereocenters. The molecule has 3 heteroatoms. The number of hydrogen-bond acceptors (Lipinski definition) is 0. The molecule has 0 saturated carbocycles. The third kappa shape index (κ3) is 2.10. The molecule has 0 aliphatic heterocycles. The summed E-state index contributed by atoms with van der Waals surface area (Å²) in [6.07, 6.45) is 0.356. The molecular weight excluding hydrogens is 153 g/mol. The number of allylic oxidation sites excluding steroid dienone is 4. The Balaban J connectivity index is 2.63. The smallest absolute Gasteiger partial charge is 0.170 e. The maximum atomic E-state index is 12.0. The average Bonchev–Trinajstić information content (AvgIpc) is 1.86. The van der Waals surface area contributed by atoms with E-state index in [0.717, 1.165) is 5.57 Å². The fraction of sp³-hybridized carbons (Fsp3) is 0.500. The highest BCUT2D eigenvalue weighted by Gasteiger charge is 2.37. The first-order chi connectivity index (χ1) is 5.00. The largest absolute Gasteiger partial charge is 0.395 e. The lowest BCUT2D eigenvalue weighted by atomic mass is 9.97. The molecule has 0 amide bonds. The molecule has 0 saturated heterocycles. The minimum Gasteiger partial charge on any atom is -0.170 e. The van der Waals surface area contributed by atoms with Crippen LogP contribution in [0.3, 0.4) is 0 Å². The zero-order valence-corrected chi connectivity index (χ0v) is 6.15. The predicted molar refractivity (Wildman–Crippen MR) is 37.1 cm³/mol. The molecule has 1 aliphatic rings. The molecule has 0 radical (unpaired) electrons. The topological polar surface area (TPSA) is 0 Å². The van der Waals surface area contributed by atoms with Crippen LogP contribution in [-0.4, -0.2) is 6.18 Å². The van der Waals surface area contributed by atoms with E-state index in [0.29, 0.717) is 0 Å². The van der Waals surface area contributed by atoms with Crippen LogP contribution in [0.1, 0.15) is 13.3 Å². The monoisotopic (exact) mass is 162 g/mol. The first-order valence-corrected chi connectivity index (χ1v) is 3.42. The van der Waals surface area contributed by atoms with Gasteiger partial charge in [-0.05, 0) is 13.3 Å². The lowest BCUT2D eigenvalue weighted by Gasteiger charge is -2.17. The van der Waals surface area contributed by atoms with Crippen LogP contribution < -0.4 is 0 Å². The highest BCUT2D eigenvalue weighted by molar-refractivity contribution is 5.21. The van der Waals surface area contributed by atoms with Crippen molar-refractivity contribution in [2.24, 2.45) is 5.92 Å². The number of hydrogen-bond donors (Lipinski definition) is 0. The Kier molecular flexibility index (Phi) is 2.07. The maximum absolute atomic E-state index is 12.0. The normalized spacial score (nSPS) is 25.1. The molecule has 11 heavy (non-hydrogen) atoms. The van der Waals surface area contributed by atoms with E-state index in [1.165, 1.54) is 12.2 Å². The second-order valence-corrected chi connectivity index (χ2v) is 2.69. The Morgan fingerprint density at radius 3 is 2.45 bits per heavy atom. The minimum atomic E-state index is -4.08. The van der Waals surface area contributed by atoms with Gasteiger partial charge >= 0.3 is 6.18 Å². The quantitative estimate of drug-likeness (QED) is 0.513. The van der Waals surface area contributed by atoms with Gasteiger partial charge < -0.3 is 0 Å². The summed E-state index contributed by atoms with van der Waals surface area (Å²) in [6.45, 7) is 1.79. The summed E-state index contributed by atoms with van der Waals surface area (Å²) >= 11 is 0. The van der Waals surface area contributed by atoms with Crippen molar-refractivity contribution in [3.8, 4) is 0 Å². The Morgan fingerprint density at radius 1 is 1.45 bits per heavy atom. The summed E-state index contributed by atoms with van der Waals surface area (Å²) in [4.78, 5) is 0. The van der Waals surface area contributed by atoms with Gasteiger partial charge in [0.2, 0.25) is 0 Å². The molecular formula is C8H9F3. The van der Waals surface area contributed by atoms with Crippen molar-refractivity contribution < 1.29 is 13.2 Å². The van der Waals surface area contributed by atoms with Gasteiger partial charge in [0.1, 0.15) is 0 Å². The lowest BCUT2D eigenvalue weighted by molar-refractivity contribution is -0.160. The molecule has 0 fully saturated rings. The summed E-state index contributed by atoms with van der Waals surface area (Å²) in [5, 5.41) is 0. The Bertz CT molecular complexity index is 198. The third-order valence-corrected chi connectivity index (χ3v) is 1.71. The van der Waals surface area contributed by atoms with Gasteiger partial charge in [0.25, 0.3) is 0 Å². The van der Waals surface area contributed by atoms with Crippen LogP contribution >= 0.6 is 0 Å². The van der Waals surface area contributed by atoms with Crippen LogP contribution in [0.2, 0.25) is 0 Å². The zero-order chi connectivity index (χ0) is 8.48. The van der Waals surface area contributed by atoms with Gasteiger partial charge in [-0.1, -0.05) is 23.8 Å². The van der Waals surface area contributed by atoms with Crippen molar-refractivity contribution in [3.05, 3.63) is 23.8 Å². The summed E-state index contributed by atoms with van der Waals surface area (Å²) in [6, 6.07) is 0. The van der Waals surface area contributed by atoms with Crippen molar-refractivity contribution in [1.29, 1.82) is 0 Å². The van der Waals surface area contributed by atoms with Gasteiger partial charge in [0.05, 0.1) is 5.92 Å². The molecule has 0 N–H and O–H groups in total. The van der Waals surface area contributed by atoms with E-state index in [2.05, 4.69) is 0 Å². The van der Waals surface area contributed by atoms with Crippen LogP contribution in [0.5, 0.6) is 0 Å². The second kappa shape index (κ2) is 2.72. The number of alkyl halides is 3. The van der Waals surface area contributed by atoms with E-state index < -0.39 is 12.1 Å². The molecule has 1 rings (SSSR count). The van der Waals surface area contributed by atoms with Crippen LogP contribution in [0.4, 0.5) is 13.2 Å². The fourth-order valence-electron chi connectivity index (χ4n) is 0.970. The van der Waals surface area contributed by atoms with Crippen molar-refractivity contribution in [2.45, 2.75) is 19.5 Å². The van der Waals surface area contributed by atoms with Gasteiger partial charge in [0, 0.05) is 0 Å². The summed E-state index contributed by atoms with van der Waals surface area (Å²) in [5.41, 5.74) is 0.908. The minimum absolute atomic E-state index is 0.0891. The number of rotatable bonds is 0. The van der Waals surface area contributed by atoms with E-state index >= 15 is 0 Å². The molecule has 0 aromatic heterocycles. The Labute approximate surface area is 63.4 Å². The van der Waals surface area contributed by atoms with E-state index in [-0.39, 0.29) is 6.42 Å². The standard InChI is InChI=1S/C8H9F3/c1-6-2-4-7(5-3-6)8(9,10)11/h2-4,7H,5H2,1H3/t7-/m1/s1. The van der Waals surface area contributed by atoms with E-state index in [9.17, 15) is 13.2 Å². The molecule has 0 heterocycles. The SMILES string of the molecule is CC1=CC[C@H](C(F)(F)F)C=C1. The van der Waals surface area contributed by atoms with Gasteiger partial charge in [-0.2, -0.15) is 13.2 Å². The summed E-state index contributed by atoms with van der Waals surface area (Å²) in [5.74, 6) is -1.27. The van der Waals surface area contributed by atoms with Crippen LogP contribution in [-0.2, 0) is 0 Å². The predicted octanol–water partition coefficient (Wildman–Crippen LogP) is 3.07. The average molecular weight is 162 g/mol. The Hall–Kier alpha value is -0.730. The molecule has 1 atom stereocenters. The fourth-order valence-corrected chi connectivity index (χ4v) is 0.970. The third-order valence-electron chi connectivity index (χ3n) is 1.71. The van der Waals surface area contributed by atoms with E-state index in [1.54, 1.807) is 13.0 Å². The van der Waals surface area contributed by atoms with Gasteiger partial charge in [-0.3, -0.25) is 0 Å². The zero-order valence-electron chi connectivity index (χ0n) is 6.15. The number of halogens is 3. The van der Waals surface area contributed by atoms with Gasteiger partial charge in [-0.25, -0.2) is 0 Å². The Morgan fingerprint density at radius 2 is 2.09 bits per heavy atom. The van der Waals surface area contributed by atoms with E-state index in [1.807, 2.05) is 0 Å². The first-order valence-electron chi connectivity index (χ1n) is 3.42. The maximum Gasteiger partial charge on any atom is 0.395 e. The second-order valence-electron chi connectivity index (χ2n) is 2.69. The molecule has 1 aliphatic carbocycles. The summed E-state index contributed by atoms with van der Waals surface area (Å²) < 4.78 is 36.0. The first kappa shape index (κ1) is 8.37. The van der Waals surface area contributed by atoms with Crippen molar-refractivity contribution in [1.82, 2.24) is 0 Å². The molecule has 0 aromatic rings. The lowest BCUT2D eigenvalue weighted by Crippen LogP contribution is -2.21. The van der Waals surface area contributed by atoms with Crippen molar-refractivity contribution in [2.75, 3.05) is 0 Å². The van der Waals surface area contributed by atoms with Gasteiger partial charge in [-0.15, -0.1) is 0 Å². The van der Waals surface area contributed by atoms with E-state index in [4.69, 9.17) is 0 Å². The summed E-state index contributed by atoms with van der Waals surface area (Å²) in [7, 11) is 0. The highest BCUT2D eigenvalue weighted by atomic mass is 19.4. The van der Waals surface area contributed by atoms with Crippen LogP contribution in [0, 0.1) is 5.92 Å². The van der Waals surface area contributed by atoms with Crippen LogP contribution in [0.25, 0.3) is 0 Å². The molecule has 0 nitrogen and oxygen atoms in total. The van der Waals surface area contributed by atoms with Crippen LogP contribution in [0.15, 0.2) is 23.8 Å². The van der Waals surface area contributed by atoms with Gasteiger partial charge in [0.15, 0.2) is 0 Å². The molecule has 0 aromatic carbocycles. The highest BCUT2D eigenvalue weighted by Crippen LogP contribution is 2.32.